The van der Waals surface area contributed by atoms with Gasteiger partial charge in [-0.2, -0.15) is 0 Å². The van der Waals surface area contributed by atoms with Crippen molar-refractivity contribution in [3.05, 3.63) is 0 Å². The van der Waals surface area contributed by atoms with Gasteiger partial charge in [0, 0.05) is 0 Å². The molecule has 1 heteroatoms. The maximum Gasteiger partial charge on any atom is 0.0591 e. The summed E-state index contributed by atoms with van der Waals surface area (Å²) in [6, 6.07) is 0. The molecule has 1 aliphatic carbocycles. The third-order valence-corrected chi connectivity index (χ3v) is 2.93. The average Bonchev–Trinajstić information content (AvgIpc) is 1.77. The van der Waals surface area contributed by atoms with E-state index in [1.165, 1.54) is 0 Å². The van der Waals surface area contributed by atoms with E-state index in [1.54, 1.807) is 0 Å². The van der Waals surface area contributed by atoms with Crippen LogP contribution in [0.25, 0.3) is 0 Å². The highest BCUT2D eigenvalue weighted by Crippen LogP contribution is 2.45. The van der Waals surface area contributed by atoms with E-state index < -0.39 is 0 Å². The lowest BCUT2D eigenvalue weighted by Crippen LogP contribution is -2.39. The molecule has 1 atom stereocenters. The summed E-state index contributed by atoms with van der Waals surface area (Å²) in [6.45, 7) is 8.92. The van der Waals surface area contributed by atoms with Gasteiger partial charge in [-0.15, -0.1) is 0 Å². The van der Waals surface area contributed by atoms with Crippen molar-refractivity contribution in [1.82, 2.24) is 0 Å². The second kappa shape index (κ2) is 2.48. The Morgan fingerprint density at radius 1 is 1.18 bits per heavy atom. The summed E-state index contributed by atoms with van der Waals surface area (Å²) in [6.07, 6.45) is 3.19. The Morgan fingerprint density at radius 2 is 1.73 bits per heavy atom. The van der Waals surface area contributed by atoms with Gasteiger partial charge in [-0.3, -0.25) is 0 Å². The molecular formula is C10H20O. The molecule has 0 heterocycles. The van der Waals surface area contributed by atoms with E-state index in [1.807, 2.05) is 0 Å². The molecule has 0 aromatic heterocycles. The monoisotopic (exact) mass is 156 g/mol. The van der Waals surface area contributed by atoms with Crippen LogP contribution in [0, 0.1) is 10.8 Å². The lowest BCUT2D eigenvalue weighted by atomic mass is 9.64. The lowest BCUT2D eigenvalue weighted by Gasteiger charge is -2.44. The second-order valence-electron chi connectivity index (χ2n) is 5.38. The molecule has 0 bridgehead atoms. The van der Waals surface area contributed by atoms with Crippen molar-refractivity contribution in [2.24, 2.45) is 10.8 Å². The predicted octanol–water partition coefficient (Wildman–Crippen LogP) is 2.58. The lowest BCUT2D eigenvalue weighted by molar-refractivity contribution is -0.0313. The molecule has 0 aliphatic heterocycles. The normalized spacial score (nSPS) is 35.2. The zero-order chi connectivity index (χ0) is 8.70. The Morgan fingerprint density at radius 3 is 2.09 bits per heavy atom. The third kappa shape index (κ3) is 1.96. The summed E-state index contributed by atoms with van der Waals surface area (Å²) in [7, 11) is 0. The third-order valence-electron chi connectivity index (χ3n) is 2.93. The zero-order valence-corrected chi connectivity index (χ0v) is 8.15. The fourth-order valence-electron chi connectivity index (χ4n) is 2.36. The van der Waals surface area contributed by atoms with E-state index in [0.29, 0.717) is 5.41 Å². The van der Waals surface area contributed by atoms with Gasteiger partial charge < -0.3 is 5.11 Å². The molecule has 0 saturated heterocycles. The van der Waals surface area contributed by atoms with Crippen molar-refractivity contribution in [3.8, 4) is 0 Å². The molecule has 0 radical (unpaired) electrons. The van der Waals surface area contributed by atoms with Gasteiger partial charge in [0.15, 0.2) is 0 Å². The van der Waals surface area contributed by atoms with Crippen molar-refractivity contribution < 1.29 is 5.11 Å². The first kappa shape index (κ1) is 9.05. The molecule has 1 fully saturated rings. The van der Waals surface area contributed by atoms with Gasteiger partial charge in [-0.25, -0.2) is 0 Å². The van der Waals surface area contributed by atoms with Gasteiger partial charge in [0.2, 0.25) is 0 Å². The van der Waals surface area contributed by atoms with Crippen molar-refractivity contribution in [2.45, 2.75) is 53.1 Å². The summed E-state index contributed by atoms with van der Waals surface area (Å²) >= 11 is 0. The molecule has 0 unspecified atom stereocenters. The van der Waals surface area contributed by atoms with E-state index in [4.69, 9.17) is 0 Å². The van der Waals surface area contributed by atoms with E-state index in [9.17, 15) is 5.11 Å². The maximum atomic E-state index is 9.67. The van der Waals surface area contributed by atoms with Crippen LogP contribution in [0.1, 0.15) is 47.0 Å². The van der Waals surface area contributed by atoms with E-state index in [2.05, 4.69) is 27.7 Å². The maximum absolute atomic E-state index is 9.67. The minimum absolute atomic E-state index is 0.0875. The number of hydrogen-bond acceptors (Lipinski definition) is 1. The van der Waals surface area contributed by atoms with E-state index >= 15 is 0 Å². The van der Waals surface area contributed by atoms with Crippen LogP contribution in [0.5, 0.6) is 0 Å². The largest absolute Gasteiger partial charge is 0.393 e. The van der Waals surface area contributed by atoms with Crippen LogP contribution >= 0.6 is 0 Å². The van der Waals surface area contributed by atoms with Gasteiger partial charge >= 0.3 is 0 Å². The quantitative estimate of drug-likeness (QED) is 0.571. The number of hydrogen-bond donors (Lipinski definition) is 1. The number of aliphatic hydroxyl groups excluding tert-OH is 1. The van der Waals surface area contributed by atoms with Crippen LogP contribution in [0.4, 0.5) is 0 Å². The summed E-state index contributed by atoms with van der Waals surface area (Å²) in [5.41, 5.74) is 0.560. The first-order chi connectivity index (χ1) is 4.83. The van der Waals surface area contributed by atoms with Crippen LogP contribution in [-0.2, 0) is 0 Å². The number of rotatable bonds is 0. The Bertz CT molecular complexity index is 147. The van der Waals surface area contributed by atoms with Crippen LogP contribution in [0.15, 0.2) is 0 Å². The molecule has 1 aliphatic rings. The fraction of sp³-hybridized carbons (Fsp3) is 1.00. The minimum Gasteiger partial charge on any atom is -0.393 e. The highest BCUT2D eigenvalue weighted by Gasteiger charge is 2.39. The van der Waals surface area contributed by atoms with Gasteiger partial charge in [0.1, 0.15) is 0 Å². The Hall–Kier alpha value is -0.0400. The van der Waals surface area contributed by atoms with Crippen molar-refractivity contribution >= 4 is 0 Å². The first-order valence-corrected chi connectivity index (χ1v) is 4.52. The summed E-state index contributed by atoms with van der Waals surface area (Å²) in [4.78, 5) is 0. The summed E-state index contributed by atoms with van der Waals surface area (Å²) < 4.78 is 0. The van der Waals surface area contributed by atoms with Gasteiger partial charge in [0.25, 0.3) is 0 Å². The van der Waals surface area contributed by atoms with Crippen molar-refractivity contribution in [1.29, 1.82) is 0 Å². The molecule has 11 heavy (non-hydrogen) atoms. The summed E-state index contributed by atoms with van der Waals surface area (Å²) in [5, 5.41) is 9.67. The highest BCUT2D eigenvalue weighted by molar-refractivity contribution is 4.90. The topological polar surface area (TPSA) is 20.2 Å². The second-order valence-corrected chi connectivity index (χ2v) is 5.38. The molecule has 0 amide bonds. The molecule has 1 rings (SSSR count). The van der Waals surface area contributed by atoms with Gasteiger partial charge in [-0.1, -0.05) is 27.7 Å². The standard InChI is InChI=1S/C10H20O/c1-9(2)6-5-8(11)10(3,4)7-9/h8,11H,5-7H2,1-4H3/t8-/m0/s1. The molecule has 1 N–H and O–H groups in total. The molecule has 0 spiro atoms. The van der Waals surface area contributed by atoms with Crippen LogP contribution in [0.3, 0.4) is 0 Å². The minimum atomic E-state index is -0.0875. The first-order valence-electron chi connectivity index (χ1n) is 4.52. The molecule has 1 saturated carbocycles. The summed E-state index contributed by atoms with van der Waals surface area (Å²) in [5.74, 6) is 0. The SMILES string of the molecule is CC1(C)CC[C@H](O)C(C)(C)C1. The van der Waals surface area contributed by atoms with Gasteiger partial charge in [0.05, 0.1) is 6.10 Å². The highest BCUT2D eigenvalue weighted by atomic mass is 16.3. The molecule has 66 valence electrons. The van der Waals surface area contributed by atoms with Crippen molar-refractivity contribution in [3.63, 3.8) is 0 Å². The molecule has 0 aromatic carbocycles. The molecular weight excluding hydrogens is 136 g/mol. The Balaban J connectivity index is 2.67. The zero-order valence-electron chi connectivity index (χ0n) is 8.15. The number of aliphatic hydroxyl groups is 1. The average molecular weight is 156 g/mol. The predicted molar refractivity (Wildman–Crippen MR) is 47.4 cm³/mol. The van der Waals surface area contributed by atoms with Gasteiger partial charge in [-0.05, 0) is 30.1 Å². The molecule has 0 aromatic rings. The Kier molecular flexibility index (Phi) is 2.04. The van der Waals surface area contributed by atoms with Crippen LogP contribution in [0.2, 0.25) is 0 Å². The van der Waals surface area contributed by atoms with Crippen LogP contribution < -0.4 is 0 Å². The molecule has 1 nitrogen and oxygen atoms in total. The smallest absolute Gasteiger partial charge is 0.0591 e. The Labute approximate surface area is 69.8 Å². The van der Waals surface area contributed by atoms with Crippen LogP contribution in [-0.4, -0.2) is 11.2 Å². The van der Waals surface area contributed by atoms with Crippen molar-refractivity contribution in [2.75, 3.05) is 0 Å². The van der Waals surface area contributed by atoms with E-state index in [0.717, 1.165) is 19.3 Å². The van der Waals surface area contributed by atoms with E-state index in [-0.39, 0.29) is 11.5 Å². The fourth-order valence-corrected chi connectivity index (χ4v) is 2.36.